The molecule has 1 N–H and O–H groups in total. The molecule has 0 spiro atoms. The summed E-state index contributed by atoms with van der Waals surface area (Å²) in [5, 5.41) is 3.28. The topological polar surface area (TPSA) is 50.8 Å². The van der Waals surface area contributed by atoms with Gasteiger partial charge in [0.25, 0.3) is 0 Å². The molecule has 1 amide bonds. The zero-order chi connectivity index (χ0) is 13.7. The van der Waals surface area contributed by atoms with Gasteiger partial charge >= 0.3 is 0 Å². The van der Waals surface area contributed by atoms with Crippen molar-refractivity contribution in [2.24, 2.45) is 5.92 Å². The van der Waals surface area contributed by atoms with Gasteiger partial charge in [0, 0.05) is 26.2 Å². The van der Waals surface area contributed by atoms with Gasteiger partial charge in [0.2, 0.25) is 5.91 Å². The number of morpholine rings is 1. The van der Waals surface area contributed by atoms with Crippen LogP contribution >= 0.6 is 0 Å². The van der Waals surface area contributed by atoms with E-state index in [1.165, 1.54) is 0 Å². The van der Waals surface area contributed by atoms with E-state index in [4.69, 9.17) is 9.47 Å². The Morgan fingerprint density at radius 2 is 2.37 bits per heavy atom. The average Bonchev–Trinajstić information content (AvgIpc) is 2.45. The first-order valence-electron chi connectivity index (χ1n) is 7.44. The van der Waals surface area contributed by atoms with Crippen molar-refractivity contribution in [2.45, 2.75) is 38.8 Å². The lowest BCUT2D eigenvalue weighted by Crippen LogP contribution is -2.58. The van der Waals surface area contributed by atoms with E-state index in [-0.39, 0.29) is 18.1 Å². The highest BCUT2D eigenvalue weighted by Crippen LogP contribution is 2.19. The Balaban J connectivity index is 1.87. The maximum atomic E-state index is 12.5. The molecule has 0 bridgehead atoms. The van der Waals surface area contributed by atoms with Crippen molar-refractivity contribution in [1.82, 2.24) is 10.2 Å². The minimum absolute atomic E-state index is 0.0338. The number of amides is 1. The van der Waals surface area contributed by atoms with E-state index in [9.17, 15) is 4.79 Å². The smallest absolute Gasteiger partial charge is 0.242 e. The van der Waals surface area contributed by atoms with Gasteiger partial charge < -0.3 is 19.7 Å². The number of piperidine rings is 1. The zero-order valence-corrected chi connectivity index (χ0v) is 12.1. The largest absolute Gasteiger partial charge is 0.381 e. The van der Waals surface area contributed by atoms with Gasteiger partial charge in [0.1, 0.15) is 6.04 Å². The molecule has 0 radical (unpaired) electrons. The molecule has 0 saturated carbocycles. The van der Waals surface area contributed by atoms with Crippen molar-refractivity contribution in [2.75, 3.05) is 39.5 Å². The molecule has 3 atom stereocenters. The van der Waals surface area contributed by atoms with Gasteiger partial charge in [0.15, 0.2) is 0 Å². The number of carbonyl (C=O) groups is 1. The van der Waals surface area contributed by atoms with Gasteiger partial charge in [-0.3, -0.25) is 4.79 Å². The van der Waals surface area contributed by atoms with E-state index in [1.807, 2.05) is 18.7 Å². The summed E-state index contributed by atoms with van der Waals surface area (Å²) in [4.78, 5) is 14.5. The fourth-order valence-corrected chi connectivity index (χ4v) is 2.89. The monoisotopic (exact) mass is 270 g/mol. The van der Waals surface area contributed by atoms with E-state index in [2.05, 4.69) is 5.32 Å². The van der Waals surface area contributed by atoms with Gasteiger partial charge in [-0.15, -0.1) is 0 Å². The molecular formula is C14H26N2O3. The SMILES string of the molecule is CCOCC1CCCN(C(=O)[C@H]2NCCO[C@@H]2C)C1. The maximum absolute atomic E-state index is 12.5. The molecule has 110 valence electrons. The average molecular weight is 270 g/mol. The van der Waals surface area contributed by atoms with Crippen molar-refractivity contribution in [3.8, 4) is 0 Å². The van der Waals surface area contributed by atoms with Crippen LogP contribution in [0.25, 0.3) is 0 Å². The zero-order valence-electron chi connectivity index (χ0n) is 12.1. The third-order valence-corrected chi connectivity index (χ3v) is 3.97. The van der Waals surface area contributed by atoms with Crippen LogP contribution in [-0.4, -0.2) is 62.4 Å². The molecule has 1 unspecified atom stereocenters. The molecule has 2 aliphatic heterocycles. The highest BCUT2D eigenvalue weighted by Gasteiger charge is 2.33. The standard InChI is InChI=1S/C14H26N2O3/c1-3-18-10-12-5-4-7-16(9-12)14(17)13-11(2)19-8-6-15-13/h11-13,15H,3-10H2,1-2H3/t11-,12?,13+/m1/s1. The first-order valence-corrected chi connectivity index (χ1v) is 7.44. The summed E-state index contributed by atoms with van der Waals surface area (Å²) in [6, 6.07) is -0.181. The van der Waals surface area contributed by atoms with Crippen LogP contribution in [0.15, 0.2) is 0 Å². The molecule has 0 aromatic heterocycles. The van der Waals surface area contributed by atoms with Gasteiger partial charge in [-0.1, -0.05) is 0 Å². The summed E-state index contributed by atoms with van der Waals surface area (Å²) in [6.45, 7) is 8.64. The summed E-state index contributed by atoms with van der Waals surface area (Å²) in [6.07, 6.45) is 2.20. The van der Waals surface area contributed by atoms with Crippen LogP contribution in [0.3, 0.4) is 0 Å². The number of hydrogen-bond donors (Lipinski definition) is 1. The number of likely N-dealkylation sites (tertiary alicyclic amines) is 1. The predicted octanol–water partition coefficient (Wildman–Crippen LogP) is 0.638. The number of rotatable bonds is 4. The van der Waals surface area contributed by atoms with E-state index >= 15 is 0 Å². The number of nitrogens with one attached hydrogen (secondary N) is 1. The summed E-state index contributed by atoms with van der Waals surface area (Å²) in [5.41, 5.74) is 0. The molecule has 2 rings (SSSR count). The normalized spacial score (nSPS) is 32.3. The quantitative estimate of drug-likeness (QED) is 0.814. The lowest BCUT2D eigenvalue weighted by atomic mass is 9.97. The Bertz CT molecular complexity index is 298. The second-order valence-corrected chi connectivity index (χ2v) is 5.46. The Hall–Kier alpha value is -0.650. The van der Waals surface area contributed by atoms with E-state index < -0.39 is 0 Å². The van der Waals surface area contributed by atoms with E-state index in [1.54, 1.807) is 0 Å². The lowest BCUT2D eigenvalue weighted by molar-refractivity contribution is -0.141. The summed E-state index contributed by atoms with van der Waals surface area (Å²) >= 11 is 0. The molecule has 2 saturated heterocycles. The van der Waals surface area contributed by atoms with Crippen LogP contribution in [-0.2, 0) is 14.3 Å². The molecule has 19 heavy (non-hydrogen) atoms. The molecule has 2 fully saturated rings. The molecule has 2 aliphatic rings. The molecule has 5 nitrogen and oxygen atoms in total. The molecule has 0 aromatic carbocycles. The van der Waals surface area contributed by atoms with Gasteiger partial charge in [-0.2, -0.15) is 0 Å². The molecule has 2 heterocycles. The van der Waals surface area contributed by atoms with Crippen LogP contribution < -0.4 is 5.32 Å². The molecule has 5 heteroatoms. The van der Waals surface area contributed by atoms with Crippen molar-refractivity contribution < 1.29 is 14.3 Å². The van der Waals surface area contributed by atoms with Gasteiger partial charge in [0.05, 0.1) is 19.3 Å². The fourth-order valence-electron chi connectivity index (χ4n) is 2.89. The second-order valence-electron chi connectivity index (χ2n) is 5.46. The summed E-state index contributed by atoms with van der Waals surface area (Å²) in [5.74, 6) is 0.672. The molecule has 0 aliphatic carbocycles. The Morgan fingerprint density at radius 1 is 1.53 bits per heavy atom. The first-order chi connectivity index (χ1) is 9.22. The Labute approximate surface area is 115 Å². The van der Waals surface area contributed by atoms with Crippen LogP contribution in [0.4, 0.5) is 0 Å². The molecular weight excluding hydrogens is 244 g/mol. The third-order valence-electron chi connectivity index (χ3n) is 3.97. The minimum atomic E-state index is -0.181. The Morgan fingerprint density at radius 3 is 3.11 bits per heavy atom. The third kappa shape index (κ3) is 3.91. The maximum Gasteiger partial charge on any atom is 0.242 e. The van der Waals surface area contributed by atoms with E-state index in [0.717, 1.165) is 45.7 Å². The fraction of sp³-hybridized carbons (Fsp3) is 0.929. The van der Waals surface area contributed by atoms with Crippen molar-refractivity contribution in [3.63, 3.8) is 0 Å². The van der Waals surface area contributed by atoms with E-state index in [0.29, 0.717) is 12.5 Å². The second kappa shape index (κ2) is 7.22. The number of ether oxygens (including phenoxy) is 2. The Kier molecular flexibility index (Phi) is 5.60. The number of nitrogens with zero attached hydrogens (tertiary/aromatic N) is 1. The van der Waals surface area contributed by atoms with Gasteiger partial charge in [-0.25, -0.2) is 0 Å². The highest BCUT2D eigenvalue weighted by molar-refractivity contribution is 5.82. The lowest BCUT2D eigenvalue weighted by Gasteiger charge is -2.38. The minimum Gasteiger partial charge on any atom is -0.381 e. The van der Waals surface area contributed by atoms with Crippen LogP contribution in [0.5, 0.6) is 0 Å². The number of hydrogen-bond acceptors (Lipinski definition) is 4. The predicted molar refractivity (Wildman–Crippen MR) is 73.0 cm³/mol. The van der Waals surface area contributed by atoms with Crippen molar-refractivity contribution in [1.29, 1.82) is 0 Å². The first kappa shape index (κ1) is 14.8. The van der Waals surface area contributed by atoms with Gasteiger partial charge in [-0.05, 0) is 32.6 Å². The van der Waals surface area contributed by atoms with Crippen LogP contribution in [0.1, 0.15) is 26.7 Å². The van der Waals surface area contributed by atoms with Crippen molar-refractivity contribution in [3.05, 3.63) is 0 Å². The molecule has 0 aromatic rings. The number of carbonyl (C=O) groups excluding carboxylic acids is 1. The van der Waals surface area contributed by atoms with Crippen LogP contribution in [0, 0.1) is 5.92 Å². The van der Waals surface area contributed by atoms with Crippen molar-refractivity contribution >= 4 is 5.91 Å². The van der Waals surface area contributed by atoms with Crippen LogP contribution in [0.2, 0.25) is 0 Å². The highest BCUT2D eigenvalue weighted by atomic mass is 16.5. The summed E-state index contributed by atoms with van der Waals surface area (Å²) in [7, 11) is 0. The summed E-state index contributed by atoms with van der Waals surface area (Å²) < 4.78 is 11.0.